The van der Waals surface area contributed by atoms with Gasteiger partial charge in [0.1, 0.15) is 23.0 Å². The molecule has 2 aliphatic rings. The van der Waals surface area contributed by atoms with Gasteiger partial charge >= 0.3 is 0 Å². The first-order chi connectivity index (χ1) is 15.7. The van der Waals surface area contributed by atoms with Crippen LogP contribution in [0.2, 0.25) is 0 Å². The number of carbonyl (C=O) groups is 1. The highest BCUT2D eigenvalue weighted by Gasteiger charge is 2.26. The Morgan fingerprint density at radius 3 is 2.91 bits per heavy atom. The Balaban J connectivity index is 1.23. The van der Waals surface area contributed by atoms with Gasteiger partial charge in [0.15, 0.2) is 5.82 Å². The fraction of sp³-hybridized carbons (Fsp3) is 0.304. The summed E-state index contributed by atoms with van der Waals surface area (Å²) in [6, 6.07) is 9.45. The molecule has 1 aliphatic heterocycles. The van der Waals surface area contributed by atoms with E-state index < -0.39 is 0 Å². The van der Waals surface area contributed by atoms with Gasteiger partial charge in [-0.1, -0.05) is 6.07 Å². The first kappa shape index (κ1) is 18.9. The summed E-state index contributed by atoms with van der Waals surface area (Å²) in [4.78, 5) is 26.2. The lowest BCUT2D eigenvalue weighted by molar-refractivity contribution is 0.102. The molecule has 1 amide bonds. The van der Waals surface area contributed by atoms with Gasteiger partial charge in [0.05, 0.1) is 17.7 Å². The number of aryl methyl sites for hydroxylation is 1. The minimum absolute atomic E-state index is 0.313. The fourth-order valence-electron chi connectivity index (χ4n) is 4.18. The van der Waals surface area contributed by atoms with Crippen LogP contribution in [-0.2, 0) is 6.42 Å². The Labute approximate surface area is 184 Å². The first-order valence-electron chi connectivity index (χ1n) is 10.9. The Bertz CT molecular complexity index is 1320. The molecule has 1 unspecified atom stereocenters. The van der Waals surface area contributed by atoms with Crippen LogP contribution in [-0.4, -0.2) is 40.2 Å². The monoisotopic (exact) mass is 426 g/mol. The number of rotatable bonds is 5. The highest BCUT2D eigenvalue weighted by molar-refractivity contribution is 6.02. The third-order valence-corrected chi connectivity index (χ3v) is 6.09. The highest BCUT2D eigenvalue weighted by Crippen LogP contribution is 2.39. The standard InChI is InChI=1S/C23H22N8O/c1-14-5-8-21-28-29-22(31(14)21)17-3-2-4-20(26-17)27-23(32)18-11-16(9-10-24-18)30-12-19(25-13-30)15-6-7-15/h2-4,9-15H,5-8H2,1H3,(H,26,27,32). The molecule has 4 aromatic rings. The summed E-state index contributed by atoms with van der Waals surface area (Å²) >= 11 is 0. The van der Waals surface area contributed by atoms with Crippen LogP contribution in [0.4, 0.5) is 5.82 Å². The summed E-state index contributed by atoms with van der Waals surface area (Å²) in [5.41, 5.74) is 2.94. The van der Waals surface area contributed by atoms with Crippen molar-refractivity contribution in [2.75, 3.05) is 5.32 Å². The van der Waals surface area contributed by atoms with Gasteiger partial charge in [-0.3, -0.25) is 9.78 Å². The van der Waals surface area contributed by atoms with Crippen molar-refractivity contribution in [3.8, 4) is 17.2 Å². The van der Waals surface area contributed by atoms with Crippen LogP contribution in [0.25, 0.3) is 17.2 Å². The van der Waals surface area contributed by atoms with E-state index in [1.807, 2.05) is 29.0 Å². The van der Waals surface area contributed by atoms with Crippen LogP contribution >= 0.6 is 0 Å². The van der Waals surface area contributed by atoms with E-state index >= 15 is 0 Å². The van der Waals surface area contributed by atoms with E-state index in [1.54, 1.807) is 24.7 Å². The van der Waals surface area contributed by atoms with Crippen molar-refractivity contribution in [3.05, 3.63) is 66.3 Å². The number of pyridine rings is 2. The molecular formula is C23H22N8O. The summed E-state index contributed by atoms with van der Waals surface area (Å²) in [7, 11) is 0. The van der Waals surface area contributed by atoms with Crippen molar-refractivity contribution < 1.29 is 4.79 Å². The number of carbonyl (C=O) groups excluding carboxylic acids is 1. The van der Waals surface area contributed by atoms with Crippen molar-refractivity contribution in [2.24, 2.45) is 0 Å². The smallest absolute Gasteiger partial charge is 0.275 e. The molecule has 0 bridgehead atoms. The number of amides is 1. The Hall–Kier alpha value is -3.88. The molecule has 32 heavy (non-hydrogen) atoms. The van der Waals surface area contributed by atoms with Crippen molar-refractivity contribution in [3.63, 3.8) is 0 Å². The number of hydrogen-bond donors (Lipinski definition) is 1. The lowest BCUT2D eigenvalue weighted by Crippen LogP contribution is -2.15. The molecule has 0 saturated heterocycles. The van der Waals surface area contributed by atoms with E-state index in [0.29, 0.717) is 29.2 Å². The normalized spacial score (nSPS) is 17.3. The molecule has 9 nitrogen and oxygen atoms in total. The topological polar surface area (TPSA) is 103 Å². The molecule has 1 aliphatic carbocycles. The average molecular weight is 426 g/mol. The van der Waals surface area contributed by atoms with E-state index in [4.69, 9.17) is 0 Å². The molecule has 1 fully saturated rings. The summed E-state index contributed by atoms with van der Waals surface area (Å²) in [6.45, 7) is 2.15. The summed E-state index contributed by atoms with van der Waals surface area (Å²) in [6.07, 6.45) is 9.81. The van der Waals surface area contributed by atoms with Crippen LogP contribution in [0.15, 0.2) is 49.1 Å². The molecule has 5 heterocycles. The zero-order valence-electron chi connectivity index (χ0n) is 17.6. The van der Waals surface area contributed by atoms with Crippen LogP contribution < -0.4 is 5.32 Å². The lowest BCUT2D eigenvalue weighted by atomic mass is 10.2. The van der Waals surface area contributed by atoms with Crippen molar-refractivity contribution in [2.45, 2.75) is 44.6 Å². The second-order valence-corrected chi connectivity index (χ2v) is 8.44. The van der Waals surface area contributed by atoms with E-state index in [1.165, 1.54) is 12.8 Å². The van der Waals surface area contributed by atoms with Crippen LogP contribution in [0.5, 0.6) is 0 Å². The number of nitrogens with one attached hydrogen (secondary N) is 1. The van der Waals surface area contributed by atoms with Crippen LogP contribution in [0.1, 0.15) is 60.2 Å². The minimum atomic E-state index is -0.320. The predicted octanol–water partition coefficient (Wildman–Crippen LogP) is 3.56. The number of fused-ring (bicyclic) bond motifs is 1. The quantitative estimate of drug-likeness (QED) is 0.523. The molecule has 1 saturated carbocycles. The van der Waals surface area contributed by atoms with Gasteiger partial charge in [-0.05, 0) is 50.5 Å². The summed E-state index contributed by atoms with van der Waals surface area (Å²) in [5.74, 6) is 2.41. The molecule has 160 valence electrons. The van der Waals surface area contributed by atoms with E-state index in [0.717, 1.165) is 35.9 Å². The minimum Gasteiger partial charge on any atom is -0.307 e. The summed E-state index contributed by atoms with van der Waals surface area (Å²) < 4.78 is 4.05. The number of imidazole rings is 1. The first-order valence-corrected chi connectivity index (χ1v) is 10.9. The number of anilines is 1. The molecule has 0 radical (unpaired) electrons. The molecule has 4 aromatic heterocycles. The number of nitrogens with zero attached hydrogens (tertiary/aromatic N) is 7. The Morgan fingerprint density at radius 1 is 1.12 bits per heavy atom. The maximum absolute atomic E-state index is 12.9. The molecule has 9 heteroatoms. The molecule has 6 rings (SSSR count). The van der Waals surface area contributed by atoms with Gasteiger partial charge in [0.2, 0.25) is 0 Å². The Kier molecular flexibility index (Phi) is 4.34. The van der Waals surface area contributed by atoms with Crippen molar-refractivity contribution in [1.82, 2.24) is 34.3 Å². The second kappa shape index (κ2) is 7.37. The maximum atomic E-state index is 12.9. The largest absolute Gasteiger partial charge is 0.307 e. The number of aromatic nitrogens is 7. The zero-order valence-corrected chi connectivity index (χ0v) is 17.6. The van der Waals surface area contributed by atoms with E-state index in [9.17, 15) is 4.79 Å². The molecule has 0 spiro atoms. The van der Waals surface area contributed by atoms with Gasteiger partial charge < -0.3 is 14.5 Å². The SMILES string of the molecule is CC1CCc2nnc(-c3cccc(NC(=O)c4cc(-n5cnc(C6CC6)c5)ccn4)n3)n21. The third-order valence-electron chi connectivity index (χ3n) is 6.09. The Morgan fingerprint density at radius 2 is 2.03 bits per heavy atom. The lowest BCUT2D eigenvalue weighted by Gasteiger charge is -2.10. The van der Waals surface area contributed by atoms with Crippen molar-refractivity contribution in [1.29, 1.82) is 0 Å². The van der Waals surface area contributed by atoms with Crippen LogP contribution in [0, 0.1) is 0 Å². The zero-order chi connectivity index (χ0) is 21.7. The third kappa shape index (κ3) is 3.35. The molecular weight excluding hydrogens is 404 g/mol. The second-order valence-electron chi connectivity index (χ2n) is 8.44. The molecule has 1 atom stereocenters. The van der Waals surface area contributed by atoms with Gasteiger partial charge in [0, 0.05) is 30.8 Å². The molecule has 1 N–H and O–H groups in total. The van der Waals surface area contributed by atoms with Gasteiger partial charge in [-0.2, -0.15) is 0 Å². The maximum Gasteiger partial charge on any atom is 0.275 e. The average Bonchev–Trinajstić information content (AvgIpc) is 3.22. The molecule has 0 aromatic carbocycles. The highest BCUT2D eigenvalue weighted by atomic mass is 16.1. The van der Waals surface area contributed by atoms with Crippen molar-refractivity contribution >= 4 is 11.7 Å². The van der Waals surface area contributed by atoms with E-state index in [-0.39, 0.29) is 5.91 Å². The van der Waals surface area contributed by atoms with Crippen LogP contribution in [0.3, 0.4) is 0 Å². The van der Waals surface area contributed by atoms with Gasteiger partial charge in [-0.25, -0.2) is 9.97 Å². The predicted molar refractivity (Wildman–Crippen MR) is 118 cm³/mol. The number of hydrogen-bond acceptors (Lipinski definition) is 6. The fourth-order valence-corrected chi connectivity index (χ4v) is 4.18. The summed E-state index contributed by atoms with van der Waals surface area (Å²) in [5, 5.41) is 11.5. The van der Waals surface area contributed by atoms with E-state index in [2.05, 4.69) is 42.0 Å². The van der Waals surface area contributed by atoms with Gasteiger partial charge in [-0.15, -0.1) is 10.2 Å². The van der Waals surface area contributed by atoms with Gasteiger partial charge in [0.25, 0.3) is 5.91 Å².